The lowest BCUT2D eigenvalue weighted by molar-refractivity contribution is 0.166. The first-order chi connectivity index (χ1) is 11.8. The van der Waals surface area contributed by atoms with Gasteiger partial charge >= 0.3 is 6.09 Å². The molecule has 1 amide bonds. The maximum absolute atomic E-state index is 11.9. The second-order valence-corrected chi connectivity index (χ2v) is 4.91. The Labute approximate surface area is 139 Å². The highest BCUT2D eigenvalue weighted by Gasteiger charge is 2.09. The quantitative estimate of drug-likeness (QED) is 0.448. The molecule has 118 valence electrons. The molecule has 5 heteroatoms. The summed E-state index contributed by atoms with van der Waals surface area (Å²) >= 11 is 0. The molecule has 2 aromatic carbocycles. The smallest absolute Gasteiger partial charge is 0.297 e. The molecule has 1 N–H and O–H groups in total. The number of aromatic nitrogens is 1. The number of carbonyl (C=O) groups excluding carboxylic acids is 1. The summed E-state index contributed by atoms with van der Waals surface area (Å²) in [5, 5.41) is 6.66. The van der Waals surface area contributed by atoms with Crippen molar-refractivity contribution in [1.29, 1.82) is 0 Å². The van der Waals surface area contributed by atoms with Crippen molar-refractivity contribution in [3.8, 4) is 0 Å². The lowest BCUT2D eigenvalue weighted by Crippen LogP contribution is -2.13. The van der Waals surface area contributed by atoms with Crippen molar-refractivity contribution in [3.63, 3.8) is 0 Å². The van der Waals surface area contributed by atoms with E-state index in [-0.39, 0.29) is 0 Å². The lowest BCUT2D eigenvalue weighted by atomic mass is 10.0. The van der Waals surface area contributed by atoms with Crippen LogP contribution in [0.4, 0.5) is 10.5 Å². The van der Waals surface area contributed by atoms with Crippen LogP contribution in [-0.2, 0) is 4.84 Å². The van der Waals surface area contributed by atoms with Crippen molar-refractivity contribution < 1.29 is 9.63 Å². The van der Waals surface area contributed by atoms with Crippen LogP contribution in [0.15, 0.2) is 90.3 Å². The number of para-hydroxylation sites is 1. The van der Waals surface area contributed by atoms with E-state index in [2.05, 4.69) is 15.5 Å². The number of hydrogen-bond donors (Lipinski definition) is 1. The van der Waals surface area contributed by atoms with Crippen LogP contribution >= 0.6 is 0 Å². The Balaban J connectivity index is 1.81. The molecule has 0 saturated heterocycles. The first-order valence-corrected chi connectivity index (χ1v) is 7.40. The molecule has 0 aliphatic rings. The van der Waals surface area contributed by atoms with Gasteiger partial charge in [-0.3, -0.25) is 15.1 Å². The Morgan fingerprint density at radius 2 is 1.42 bits per heavy atom. The molecule has 3 aromatic rings. The van der Waals surface area contributed by atoms with Gasteiger partial charge in [-0.15, -0.1) is 0 Å². The highest BCUT2D eigenvalue weighted by Crippen LogP contribution is 2.11. The Hall–Kier alpha value is -3.47. The highest BCUT2D eigenvalue weighted by molar-refractivity contribution is 6.12. The van der Waals surface area contributed by atoms with Gasteiger partial charge in [-0.2, -0.15) is 0 Å². The van der Waals surface area contributed by atoms with Gasteiger partial charge in [0.25, 0.3) is 0 Å². The van der Waals surface area contributed by atoms with Crippen molar-refractivity contribution in [2.75, 3.05) is 5.32 Å². The molecule has 24 heavy (non-hydrogen) atoms. The van der Waals surface area contributed by atoms with Crippen LogP contribution in [-0.4, -0.2) is 16.8 Å². The zero-order valence-electron chi connectivity index (χ0n) is 12.8. The summed E-state index contributed by atoms with van der Waals surface area (Å²) in [6.07, 6.45) is 2.68. The third-order valence-corrected chi connectivity index (χ3v) is 3.24. The molecule has 0 atom stereocenters. The molecular formula is C19H15N3O2. The van der Waals surface area contributed by atoms with Crippen molar-refractivity contribution in [2.45, 2.75) is 0 Å². The monoisotopic (exact) mass is 317 g/mol. The van der Waals surface area contributed by atoms with E-state index < -0.39 is 6.09 Å². The molecule has 3 rings (SSSR count). The average Bonchev–Trinajstić information content (AvgIpc) is 2.64. The fourth-order valence-electron chi connectivity index (χ4n) is 2.13. The van der Waals surface area contributed by atoms with Crippen molar-refractivity contribution in [3.05, 3.63) is 96.3 Å². The minimum absolute atomic E-state index is 0.557. The van der Waals surface area contributed by atoms with Gasteiger partial charge in [0.1, 0.15) is 5.71 Å². The number of amides is 1. The van der Waals surface area contributed by atoms with Gasteiger partial charge in [0.05, 0.1) is 0 Å². The Bertz CT molecular complexity index is 778. The molecule has 0 spiro atoms. The maximum atomic E-state index is 11.9. The fourth-order valence-corrected chi connectivity index (χ4v) is 2.13. The third kappa shape index (κ3) is 4.04. The topological polar surface area (TPSA) is 63.6 Å². The van der Waals surface area contributed by atoms with E-state index >= 15 is 0 Å². The van der Waals surface area contributed by atoms with Gasteiger partial charge < -0.3 is 0 Å². The van der Waals surface area contributed by atoms with Crippen molar-refractivity contribution in [2.24, 2.45) is 5.16 Å². The Kier molecular flexibility index (Phi) is 4.94. The first kappa shape index (κ1) is 15.4. The Morgan fingerprint density at radius 1 is 0.833 bits per heavy atom. The van der Waals surface area contributed by atoms with Crippen LogP contribution < -0.4 is 5.32 Å². The predicted octanol–water partition coefficient (Wildman–Crippen LogP) is 4.08. The summed E-state index contributed by atoms with van der Waals surface area (Å²) in [4.78, 5) is 21.0. The van der Waals surface area contributed by atoms with E-state index in [1.165, 1.54) is 0 Å². The molecule has 0 fully saturated rings. The molecule has 0 aliphatic carbocycles. The van der Waals surface area contributed by atoms with E-state index in [1.54, 1.807) is 24.5 Å². The summed E-state index contributed by atoms with van der Waals surface area (Å²) in [5.41, 5.74) is 2.85. The summed E-state index contributed by atoms with van der Waals surface area (Å²) in [5.74, 6) is 0. The number of hydrogen-bond acceptors (Lipinski definition) is 4. The molecule has 0 bridgehead atoms. The maximum Gasteiger partial charge on any atom is 0.437 e. The number of nitrogens with one attached hydrogen (secondary N) is 1. The van der Waals surface area contributed by atoms with Crippen LogP contribution in [0.5, 0.6) is 0 Å². The second kappa shape index (κ2) is 7.69. The zero-order chi connectivity index (χ0) is 16.6. The van der Waals surface area contributed by atoms with Gasteiger partial charge in [0, 0.05) is 29.2 Å². The SMILES string of the molecule is O=C(Nc1ccccc1)ON=C(c1ccccc1)c1ccncc1. The molecule has 0 aliphatic heterocycles. The van der Waals surface area contributed by atoms with E-state index in [4.69, 9.17) is 4.84 Å². The number of anilines is 1. The van der Waals surface area contributed by atoms with Crippen molar-refractivity contribution in [1.82, 2.24) is 4.98 Å². The third-order valence-electron chi connectivity index (χ3n) is 3.24. The van der Waals surface area contributed by atoms with Crippen LogP contribution in [0.3, 0.4) is 0 Å². The standard InChI is InChI=1S/C19H15N3O2/c23-19(21-17-9-5-2-6-10-17)24-22-18(15-7-3-1-4-8-15)16-11-13-20-14-12-16/h1-14H,(H,21,23). The Morgan fingerprint density at radius 3 is 2.08 bits per heavy atom. The lowest BCUT2D eigenvalue weighted by Gasteiger charge is -2.07. The number of benzene rings is 2. The number of nitrogens with zero attached hydrogens (tertiary/aromatic N) is 2. The first-order valence-electron chi connectivity index (χ1n) is 7.40. The summed E-state index contributed by atoms with van der Waals surface area (Å²) in [6, 6.07) is 22.2. The molecule has 1 heterocycles. The van der Waals surface area contributed by atoms with Crippen LogP contribution in [0.25, 0.3) is 0 Å². The largest absolute Gasteiger partial charge is 0.437 e. The second-order valence-electron chi connectivity index (χ2n) is 4.91. The minimum atomic E-state index is -0.649. The van der Waals surface area contributed by atoms with Gasteiger partial charge in [0.2, 0.25) is 0 Å². The molecule has 5 nitrogen and oxygen atoms in total. The fraction of sp³-hybridized carbons (Fsp3) is 0. The van der Waals surface area contributed by atoms with Crippen LogP contribution in [0.1, 0.15) is 11.1 Å². The summed E-state index contributed by atoms with van der Waals surface area (Å²) in [7, 11) is 0. The molecule has 1 aromatic heterocycles. The molecular weight excluding hydrogens is 302 g/mol. The highest BCUT2D eigenvalue weighted by atomic mass is 16.7. The van der Waals surface area contributed by atoms with E-state index in [9.17, 15) is 4.79 Å². The number of rotatable bonds is 4. The zero-order valence-corrected chi connectivity index (χ0v) is 12.8. The normalized spacial score (nSPS) is 10.9. The summed E-state index contributed by atoms with van der Waals surface area (Å²) < 4.78 is 0. The van der Waals surface area contributed by atoms with Crippen molar-refractivity contribution >= 4 is 17.5 Å². The van der Waals surface area contributed by atoms with E-state index in [0.717, 1.165) is 11.1 Å². The number of oxime groups is 1. The van der Waals surface area contributed by atoms with Gasteiger partial charge in [-0.1, -0.05) is 53.7 Å². The van der Waals surface area contributed by atoms with Crippen LogP contribution in [0.2, 0.25) is 0 Å². The van der Waals surface area contributed by atoms with Gasteiger partial charge in [0.15, 0.2) is 0 Å². The van der Waals surface area contributed by atoms with Gasteiger partial charge in [-0.05, 0) is 24.3 Å². The number of carbonyl (C=O) groups is 1. The average molecular weight is 317 g/mol. The number of pyridine rings is 1. The minimum Gasteiger partial charge on any atom is -0.297 e. The molecule has 0 radical (unpaired) electrons. The molecule has 0 unspecified atom stereocenters. The van der Waals surface area contributed by atoms with E-state index in [1.807, 2.05) is 60.7 Å². The predicted molar refractivity (Wildman–Crippen MR) is 92.9 cm³/mol. The summed E-state index contributed by atoms with van der Waals surface area (Å²) in [6.45, 7) is 0. The van der Waals surface area contributed by atoms with E-state index in [0.29, 0.717) is 11.4 Å². The molecule has 0 saturated carbocycles. The van der Waals surface area contributed by atoms with Gasteiger partial charge in [-0.25, -0.2) is 4.79 Å². The van der Waals surface area contributed by atoms with Crippen LogP contribution in [0, 0.1) is 0 Å².